The second-order valence-corrected chi connectivity index (χ2v) is 4.88. The normalized spacial score (nSPS) is 20.2. The van der Waals surface area contributed by atoms with Crippen LogP contribution in [-0.2, 0) is 6.42 Å². The highest BCUT2D eigenvalue weighted by Crippen LogP contribution is 2.17. The molecule has 0 bridgehead atoms. The molecule has 0 spiro atoms. The molecule has 3 heterocycles. The van der Waals surface area contributed by atoms with Crippen LogP contribution < -0.4 is 10.1 Å². The number of aromatic nitrogens is 2. The van der Waals surface area contributed by atoms with Crippen molar-refractivity contribution in [2.24, 2.45) is 0 Å². The second-order valence-electron chi connectivity index (χ2n) is 4.88. The van der Waals surface area contributed by atoms with Gasteiger partial charge in [0, 0.05) is 18.7 Å². The fourth-order valence-corrected chi connectivity index (χ4v) is 2.65. The molecule has 1 aliphatic rings. The molecule has 1 atom stereocenters. The van der Waals surface area contributed by atoms with E-state index in [2.05, 4.69) is 16.5 Å². The largest absolute Gasteiger partial charge is 0.482 e. The maximum Gasteiger partial charge on any atom is 0.198 e. The first-order valence-electron chi connectivity index (χ1n) is 6.61. The van der Waals surface area contributed by atoms with Gasteiger partial charge in [0.15, 0.2) is 5.88 Å². The Morgan fingerprint density at radius 3 is 3.17 bits per heavy atom. The Morgan fingerprint density at radius 2 is 2.39 bits per heavy atom. The highest BCUT2D eigenvalue weighted by atomic mass is 16.5. The molecule has 96 valence electrons. The van der Waals surface area contributed by atoms with E-state index in [4.69, 9.17) is 4.74 Å². The first-order valence-corrected chi connectivity index (χ1v) is 6.61. The minimum Gasteiger partial charge on any atom is -0.482 e. The molecule has 0 amide bonds. The van der Waals surface area contributed by atoms with Crippen LogP contribution in [0.25, 0.3) is 5.65 Å². The van der Waals surface area contributed by atoms with Crippen LogP contribution in [0.3, 0.4) is 0 Å². The Kier molecular flexibility index (Phi) is 3.19. The standard InChI is InChI=1S/C14H19N3O/c1-18-14-7-4-6-13-16-12(10-17(13)14)9-11-5-2-3-8-15-11/h4,6-7,10-11,15H,2-3,5,8-9H2,1H3. The topological polar surface area (TPSA) is 38.6 Å². The zero-order valence-electron chi connectivity index (χ0n) is 10.7. The van der Waals surface area contributed by atoms with Gasteiger partial charge in [-0.3, -0.25) is 4.40 Å². The number of fused-ring (bicyclic) bond motifs is 1. The first kappa shape index (κ1) is 11.5. The summed E-state index contributed by atoms with van der Waals surface area (Å²) in [4.78, 5) is 4.66. The summed E-state index contributed by atoms with van der Waals surface area (Å²) in [5, 5.41) is 3.56. The van der Waals surface area contributed by atoms with E-state index < -0.39 is 0 Å². The fraction of sp³-hybridized carbons (Fsp3) is 0.500. The molecular formula is C14H19N3O. The maximum absolute atomic E-state index is 5.34. The van der Waals surface area contributed by atoms with Gasteiger partial charge in [-0.1, -0.05) is 12.5 Å². The summed E-state index contributed by atoms with van der Waals surface area (Å²) >= 11 is 0. The molecular weight excluding hydrogens is 226 g/mol. The van der Waals surface area contributed by atoms with Crippen LogP contribution in [0.1, 0.15) is 25.0 Å². The molecule has 1 aliphatic heterocycles. The third-order valence-electron chi connectivity index (χ3n) is 3.58. The average Bonchev–Trinajstić information content (AvgIpc) is 2.82. The molecule has 0 aliphatic carbocycles. The molecule has 2 aromatic heterocycles. The molecule has 1 unspecified atom stereocenters. The molecule has 18 heavy (non-hydrogen) atoms. The van der Waals surface area contributed by atoms with Crippen LogP contribution in [0.4, 0.5) is 0 Å². The van der Waals surface area contributed by atoms with Crippen molar-refractivity contribution in [2.75, 3.05) is 13.7 Å². The summed E-state index contributed by atoms with van der Waals surface area (Å²) in [5.41, 5.74) is 2.10. The summed E-state index contributed by atoms with van der Waals surface area (Å²) in [7, 11) is 1.69. The minimum absolute atomic E-state index is 0.578. The number of pyridine rings is 1. The van der Waals surface area contributed by atoms with Crippen molar-refractivity contribution in [1.29, 1.82) is 0 Å². The predicted molar refractivity (Wildman–Crippen MR) is 71.1 cm³/mol. The molecule has 1 N–H and O–H groups in total. The molecule has 1 fully saturated rings. The number of nitrogens with zero attached hydrogens (tertiary/aromatic N) is 2. The van der Waals surface area contributed by atoms with E-state index in [1.54, 1.807) is 7.11 Å². The minimum atomic E-state index is 0.578. The zero-order chi connectivity index (χ0) is 12.4. The van der Waals surface area contributed by atoms with E-state index in [9.17, 15) is 0 Å². The van der Waals surface area contributed by atoms with Gasteiger partial charge in [0.2, 0.25) is 0 Å². The molecule has 0 aromatic carbocycles. The lowest BCUT2D eigenvalue weighted by atomic mass is 10.0. The fourth-order valence-electron chi connectivity index (χ4n) is 2.65. The van der Waals surface area contributed by atoms with Crippen LogP contribution in [0.15, 0.2) is 24.4 Å². The van der Waals surface area contributed by atoms with Crippen LogP contribution >= 0.6 is 0 Å². The summed E-state index contributed by atoms with van der Waals surface area (Å²) in [5.74, 6) is 0.836. The van der Waals surface area contributed by atoms with Gasteiger partial charge in [0.05, 0.1) is 12.8 Å². The van der Waals surface area contributed by atoms with E-state index in [0.717, 1.165) is 30.2 Å². The molecule has 2 aromatic rings. The summed E-state index contributed by atoms with van der Waals surface area (Å²) in [6.07, 6.45) is 6.98. The van der Waals surface area contributed by atoms with Crippen molar-refractivity contribution < 1.29 is 4.74 Å². The van der Waals surface area contributed by atoms with Gasteiger partial charge in [-0.25, -0.2) is 4.98 Å². The lowest BCUT2D eigenvalue weighted by Crippen LogP contribution is -2.35. The van der Waals surface area contributed by atoms with E-state index in [-0.39, 0.29) is 0 Å². The predicted octanol–water partition coefficient (Wildman–Crippen LogP) is 2.03. The Morgan fingerprint density at radius 1 is 1.44 bits per heavy atom. The van der Waals surface area contributed by atoms with Crippen LogP contribution in [0.5, 0.6) is 5.88 Å². The van der Waals surface area contributed by atoms with Gasteiger partial charge < -0.3 is 10.1 Å². The maximum atomic E-state index is 5.34. The van der Waals surface area contributed by atoms with Gasteiger partial charge in [0.25, 0.3) is 0 Å². The monoisotopic (exact) mass is 245 g/mol. The van der Waals surface area contributed by atoms with Crippen molar-refractivity contribution in [3.63, 3.8) is 0 Å². The lowest BCUT2D eigenvalue weighted by Gasteiger charge is -2.22. The number of hydrogen-bond acceptors (Lipinski definition) is 3. The Labute approximate surface area is 107 Å². The molecule has 3 rings (SSSR count). The number of hydrogen-bond donors (Lipinski definition) is 1. The summed E-state index contributed by atoms with van der Waals surface area (Å²) in [6, 6.07) is 6.52. The van der Waals surface area contributed by atoms with Crippen molar-refractivity contribution in [1.82, 2.24) is 14.7 Å². The highest BCUT2D eigenvalue weighted by molar-refractivity contribution is 5.43. The highest BCUT2D eigenvalue weighted by Gasteiger charge is 2.15. The quantitative estimate of drug-likeness (QED) is 0.899. The van der Waals surface area contributed by atoms with Gasteiger partial charge in [0.1, 0.15) is 5.65 Å². The van der Waals surface area contributed by atoms with E-state index in [1.165, 1.54) is 19.3 Å². The third kappa shape index (κ3) is 2.20. The number of piperidine rings is 1. The van der Waals surface area contributed by atoms with Gasteiger partial charge in [-0.05, 0) is 31.5 Å². The number of rotatable bonds is 3. The number of ether oxygens (including phenoxy) is 1. The van der Waals surface area contributed by atoms with Crippen LogP contribution in [-0.4, -0.2) is 29.1 Å². The Balaban J connectivity index is 1.84. The molecule has 1 saturated heterocycles. The zero-order valence-corrected chi connectivity index (χ0v) is 10.7. The third-order valence-corrected chi connectivity index (χ3v) is 3.58. The van der Waals surface area contributed by atoms with E-state index in [0.29, 0.717) is 6.04 Å². The molecule has 0 saturated carbocycles. The molecule has 4 nitrogen and oxygen atoms in total. The summed E-state index contributed by atoms with van der Waals surface area (Å²) < 4.78 is 7.35. The Bertz CT molecular complexity index is 529. The Hall–Kier alpha value is -1.55. The number of nitrogens with one attached hydrogen (secondary N) is 1. The van der Waals surface area contributed by atoms with E-state index in [1.807, 2.05) is 22.6 Å². The lowest BCUT2D eigenvalue weighted by molar-refractivity contribution is 0.391. The van der Waals surface area contributed by atoms with Crippen LogP contribution in [0.2, 0.25) is 0 Å². The van der Waals surface area contributed by atoms with Gasteiger partial charge in [-0.15, -0.1) is 0 Å². The van der Waals surface area contributed by atoms with Crippen LogP contribution in [0, 0.1) is 0 Å². The van der Waals surface area contributed by atoms with Crippen molar-refractivity contribution >= 4 is 5.65 Å². The first-order chi connectivity index (χ1) is 8.86. The average molecular weight is 245 g/mol. The number of methoxy groups -OCH3 is 1. The van der Waals surface area contributed by atoms with E-state index >= 15 is 0 Å². The van der Waals surface area contributed by atoms with Gasteiger partial charge >= 0.3 is 0 Å². The molecule has 0 radical (unpaired) electrons. The van der Waals surface area contributed by atoms with Gasteiger partial charge in [-0.2, -0.15) is 0 Å². The second kappa shape index (κ2) is 4.98. The summed E-state index contributed by atoms with van der Waals surface area (Å²) in [6.45, 7) is 1.14. The van der Waals surface area contributed by atoms with Crippen molar-refractivity contribution in [3.05, 3.63) is 30.1 Å². The molecule has 4 heteroatoms. The smallest absolute Gasteiger partial charge is 0.198 e. The van der Waals surface area contributed by atoms with Crippen molar-refractivity contribution in [3.8, 4) is 5.88 Å². The number of imidazole rings is 1. The van der Waals surface area contributed by atoms with Crippen molar-refractivity contribution in [2.45, 2.75) is 31.7 Å². The SMILES string of the molecule is COc1cccc2nc(CC3CCCCN3)cn12.